The zero-order valence-electron chi connectivity index (χ0n) is 10.7. The predicted molar refractivity (Wildman–Crippen MR) is 73.9 cm³/mol. The van der Waals surface area contributed by atoms with Crippen molar-refractivity contribution in [3.63, 3.8) is 0 Å². The SMILES string of the molecule is CCc1occc1C(O)c1cccc2ccncc12. The topological polar surface area (TPSA) is 46.3 Å². The van der Waals surface area contributed by atoms with E-state index >= 15 is 0 Å². The lowest BCUT2D eigenvalue weighted by atomic mass is 9.97. The van der Waals surface area contributed by atoms with Gasteiger partial charge in [-0.25, -0.2) is 0 Å². The van der Waals surface area contributed by atoms with Gasteiger partial charge in [0.1, 0.15) is 11.9 Å². The molecular weight excluding hydrogens is 238 g/mol. The lowest BCUT2D eigenvalue weighted by Crippen LogP contribution is -2.02. The normalized spacial score (nSPS) is 12.7. The Morgan fingerprint density at radius 3 is 2.95 bits per heavy atom. The molecule has 3 nitrogen and oxygen atoms in total. The second kappa shape index (κ2) is 4.86. The lowest BCUT2D eigenvalue weighted by Gasteiger charge is -2.13. The van der Waals surface area contributed by atoms with Crippen molar-refractivity contribution in [2.45, 2.75) is 19.4 Å². The van der Waals surface area contributed by atoms with E-state index in [1.165, 1.54) is 0 Å². The van der Waals surface area contributed by atoms with Crippen LogP contribution in [0.1, 0.15) is 29.9 Å². The number of aliphatic hydroxyl groups excluding tert-OH is 1. The van der Waals surface area contributed by atoms with Crippen LogP contribution < -0.4 is 0 Å². The number of aromatic nitrogens is 1. The molecule has 1 unspecified atom stereocenters. The highest BCUT2D eigenvalue weighted by Gasteiger charge is 2.18. The zero-order chi connectivity index (χ0) is 13.2. The van der Waals surface area contributed by atoms with E-state index in [4.69, 9.17) is 4.42 Å². The number of furan rings is 1. The van der Waals surface area contributed by atoms with Crippen LogP contribution in [0.25, 0.3) is 10.8 Å². The van der Waals surface area contributed by atoms with Crippen LogP contribution in [0, 0.1) is 0 Å². The molecule has 19 heavy (non-hydrogen) atoms. The summed E-state index contributed by atoms with van der Waals surface area (Å²) in [6, 6.07) is 9.68. The average molecular weight is 253 g/mol. The van der Waals surface area contributed by atoms with Crippen molar-refractivity contribution in [3.05, 3.63) is 65.9 Å². The highest BCUT2D eigenvalue weighted by molar-refractivity contribution is 5.85. The van der Waals surface area contributed by atoms with Gasteiger partial charge in [0.05, 0.1) is 6.26 Å². The molecule has 1 N–H and O–H groups in total. The summed E-state index contributed by atoms with van der Waals surface area (Å²) in [5, 5.41) is 12.7. The van der Waals surface area contributed by atoms with Crippen molar-refractivity contribution in [2.24, 2.45) is 0 Å². The molecule has 0 aliphatic heterocycles. The molecule has 3 rings (SSSR count). The number of pyridine rings is 1. The Hall–Kier alpha value is -2.13. The van der Waals surface area contributed by atoms with Crippen LogP contribution in [0.15, 0.2) is 53.4 Å². The molecule has 0 saturated carbocycles. The second-order valence-corrected chi connectivity index (χ2v) is 4.50. The van der Waals surface area contributed by atoms with Gasteiger partial charge in [-0.3, -0.25) is 4.98 Å². The number of hydrogen-bond donors (Lipinski definition) is 1. The first kappa shape index (κ1) is 11.9. The third-order valence-electron chi connectivity index (χ3n) is 3.41. The molecule has 0 radical (unpaired) electrons. The zero-order valence-corrected chi connectivity index (χ0v) is 10.7. The first-order valence-electron chi connectivity index (χ1n) is 6.38. The van der Waals surface area contributed by atoms with Crippen LogP contribution in [-0.4, -0.2) is 10.1 Å². The quantitative estimate of drug-likeness (QED) is 0.777. The minimum absolute atomic E-state index is 0.679. The maximum Gasteiger partial charge on any atom is 0.109 e. The fourth-order valence-electron chi connectivity index (χ4n) is 2.42. The van der Waals surface area contributed by atoms with Crippen molar-refractivity contribution < 1.29 is 9.52 Å². The van der Waals surface area contributed by atoms with Gasteiger partial charge in [-0.05, 0) is 23.1 Å². The molecule has 0 aliphatic carbocycles. The van der Waals surface area contributed by atoms with Crippen LogP contribution in [-0.2, 0) is 6.42 Å². The Labute approximate surface area is 111 Å². The van der Waals surface area contributed by atoms with Gasteiger partial charge in [0.15, 0.2) is 0 Å². The van der Waals surface area contributed by atoms with E-state index in [1.54, 1.807) is 18.7 Å². The van der Waals surface area contributed by atoms with E-state index in [9.17, 15) is 5.11 Å². The smallest absolute Gasteiger partial charge is 0.109 e. The molecule has 0 spiro atoms. The standard InChI is InChI=1S/C16H15NO2/c1-2-15-13(7-9-19-15)16(18)12-5-3-4-11-6-8-17-10-14(11)12/h3-10,16,18H,2H2,1H3. The summed E-state index contributed by atoms with van der Waals surface area (Å²) in [4.78, 5) is 4.15. The number of rotatable bonds is 3. The van der Waals surface area contributed by atoms with Gasteiger partial charge in [0.25, 0.3) is 0 Å². The lowest BCUT2D eigenvalue weighted by molar-refractivity contribution is 0.219. The highest BCUT2D eigenvalue weighted by atomic mass is 16.3. The van der Waals surface area contributed by atoms with E-state index < -0.39 is 6.10 Å². The molecule has 1 aromatic carbocycles. The van der Waals surface area contributed by atoms with Crippen molar-refractivity contribution in [3.8, 4) is 0 Å². The number of hydrogen-bond acceptors (Lipinski definition) is 3. The van der Waals surface area contributed by atoms with Gasteiger partial charge in [-0.1, -0.05) is 25.1 Å². The highest BCUT2D eigenvalue weighted by Crippen LogP contribution is 2.30. The molecule has 0 fully saturated rings. The van der Waals surface area contributed by atoms with Gasteiger partial charge in [-0.15, -0.1) is 0 Å². The van der Waals surface area contributed by atoms with E-state index in [0.717, 1.165) is 34.1 Å². The summed E-state index contributed by atoms with van der Waals surface area (Å²) < 4.78 is 5.39. The van der Waals surface area contributed by atoms with Gasteiger partial charge >= 0.3 is 0 Å². The number of aliphatic hydroxyl groups is 1. The van der Waals surface area contributed by atoms with E-state index in [0.29, 0.717) is 0 Å². The Kier molecular flexibility index (Phi) is 3.05. The third kappa shape index (κ3) is 2.02. The average Bonchev–Trinajstić information content (AvgIpc) is 2.94. The molecule has 96 valence electrons. The summed E-state index contributed by atoms with van der Waals surface area (Å²) >= 11 is 0. The van der Waals surface area contributed by atoms with Crippen LogP contribution in [0.5, 0.6) is 0 Å². The maximum atomic E-state index is 10.6. The number of nitrogens with zero attached hydrogens (tertiary/aromatic N) is 1. The van der Waals surface area contributed by atoms with Gasteiger partial charge in [-0.2, -0.15) is 0 Å². The first-order chi connectivity index (χ1) is 9.31. The molecule has 2 heterocycles. The first-order valence-corrected chi connectivity index (χ1v) is 6.38. The summed E-state index contributed by atoms with van der Waals surface area (Å²) in [5.41, 5.74) is 1.69. The van der Waals surface area contributed by atoms with Crippen LogP contribution in [0.2, 0.25) is 0 Å². The third-order valence-corrected chi connectivity index (χ3v) is 3.41. The van der Waals surface area contributed by atoms with Crippen molar-refractivity contribution in [2.75, 3.05) is 0 Å². The Morgan fingerprint density at radius 1 is 1.21 bits per heavy atom. The summed E-state index contributed by atoms with van der Waals surface area (Å²) in [5.74, 6) is 0.827. The largest absolute Gasteiger partial charge is 0.469 e. The number of aryl methyl sites for hydroxylation is 1. The monoisotopic (exact) mass is 253 g/mol. The number of benzene rings is 1. The molecular formula is C16H15NO2. The van der Waals surface area contributed by atoms with E-state index in [-0.39, 0.29) is 0 Å². The van der Waals surface area contributed by atoms with Crippen LogP contribution in [0.3, 0.4) is 0 Å². The molecule has 1 atom stereocenters. The van der Waals surface area contributed by atoms with Crippen LogP contribution >= 0.6 is 0 Å². The molecule has 0 saturated heterocycles. The Balaban J connectivity index is 2.14. The summed E-state index contributed by atoms with van der Waals surface area (Å²) in [6.07, 6.45) is 5.26. The van der Waals surface area contributed by atoms with Crippen molar-refractivity contribution in [1.29, 1.82) is 0 Å². The molecule has 3 aromatic rings. The Bertz CT molecular complexity index is 697. The minimum atomic E-state index is -0.679. The number of fused-ring (bicyclic) bond motifs is 1. The van der Waals surface area contributed by atoms with Gasteiger partial charge < -0.3 is 9.52 Å². The fraction of sp³-hybridized carbons (Fsp3) is 0.188. The minimum Gasteiger partial charge on any atom is -0.469 e. The molecule has 3 heteroatoms. The van der Waals surface area contributed by atoms with Crippen LogP contribution in [0.4, 0.5) is 0 Å². The predicted octanol–water partition coefficient (Wildman–Crippen LogP) is 3.47. The van der Waals surface area contributed by atoms with E-state index in [1.807, 2.05) is 37.3 Å². The fourth-order valence-corrected chi connectivity index (χ4v) is 2.42. The summed E-state index contributed by atoms with van der Waals surface area (Å²) in [6.45, 7) is 2.01. The van der Waals surface area contributed by atoms with Gasteiger partial charge in [0.2, 0.25) is 0 Å². The molecule has 0 bridgehead atoms. The maximum absolute atomic E-state index is 10.6. The Morgan fingerprint density at radius 2 is 2.11 bits per heavy atom. The van der Waals surface area contributed by atoms with E-state index in [2.05, 4.69) is 4.98 Å². The molecule has 0 amide bonds. The van der Waals surface area contributed by atoms with Crippen molar-refractivity contribution in [1.82, 2.24) is 4.98 Å². The molecule has 2 aromatic heterocycles. The molecule has 0 aliphatic rings. The van der Waals surface area contributed by atoms with Gasteiger partial charge in [0, 0.05) is 29.8 Å². The second-order valence-electron chi connectivity index (χ2n) is 4.50. The summed E-state index contributed by atoms with van der Waals surface area (Å²) in [7, 11) is 0. The van der Waals surface area contributed by atoms with Crippen molar-refractivity contribution >= 4 is 10.8 Å².